The molecule has 0 amide bonds. The molecule has 3 heteroatoms. The molecule has 2 nitrogen and oxygen atoms in total. The number of nitrogens with zero attached hydrogens (tertiary/aromatic N) is 1. The quantitative estimate of drug-likeness (QED) is 0.920. The van der Waals surface area contributed by atoms with E-state index in [1.807, 2.05) is 67.5 Å². The summed E-state index contributed by atoms with van der Waals surface area (Å²) in [5, 5.41) is 11.0. The Kier molecular flexibility index (Phi) is 4.46. The lowest BCUT2D eigenvalue weighted by atomic mass is 10.0. The summed E-state index contributed by atoms with van der Waals surface area (Å²) in [4.78, 5) is 2.03. The van der Waals surface area contributed by atoms with Crippen LogP contribution in [0, 0.1) is 0 Å². The Labute approximate surface area is 119 Å². The van der Waals surface area contributed by atoms with E-state index >= 15 is 0 Å². The van der Waals surface area contributed by atoms with Gasteiger partial charge < -0.3 is 10.0 Å². The molecule has 0 heterocycles. The van der Waals surface area contributed by atoms with Gasteiger partial charge in [-0.25, -0.2) is 0 Å². The van der Waals surface area contributed by atoms with Crippen LogP contribution in [0.1, 0.15) is 17.2 Å². The molecule has 0 aromatic heterocycles. The van der Waals surface area contributed by atoms with Gasteiger partial charge in [0, 0.05) is 31.2 Å². The van der Waals surface area contributed by atoms with Crippen LogP contribution in [0.3, 0.4) is 0 Å². The molecule has 0 aliphatic heterocycles. The second-order valence-electron chi connectivity index (χ2n) is 4.84. The Morgan fingerprint density at radius 2 is 1.79 bits per heavy atom. The first kappa shape index (κ1) is 13.9. The first-order valence-corrected chi connectivity index (χ1v) is 6.64. The number of aliphatic hydroxyl groups is 1. The summed E-state index contributed by atoms with van der Waals surface area (Å²) < 4.78 is 0. The lowest BCUT2D eigenvalue weighted by molar-refractivity contribution is 0.178. The summed E-state index contributed by atoms with van der Waals surface area (Å²) in [7, 11) is 3.98. The van der Waals surface area contributed by atoms with Gasteiger partial charge in [0.25, 0.3) is 0 Å². The van der Waals surface area contributed by atoms with Gasteiger partial charge in [-0.2, -0.15) is 0 Å². The molecule has 2 aromatic rings. The van der Waals surface area contributed by atoms with Gasteiger partial charge in [0.1, 0.15) is 0 Å². The van der Waals surface area contributed by atoms with E-state index in [1.54, 1.807) is 0 Å². The highest BCUT2D eigenvalue weighted by molar-refractivity contribution is 6.30. The summed E-state index contributed by atoms with van der Waals surface area (Å²) in [5.41, 5.74) is 3.10. The molecule has 100 valence electrons. The molecule has 1 unspecified atom stereocenters. The van der Waals surface area contributed by atoms with E-state index in [0.29, 0.717) is 11.4 Å². The summed E-state index contributed by atoms with van der Waals surface area (Å²) in [6.45, 7) is 0. The van der Waals surface area contributed by atoms with Crippen LogP contribution < -0.4 is 4.90 Å². The maximum atomic E-state index is 10.3. The van der Waals surface area contributed by atoms with E-state index in [1.165, 1.54) is 0 Å². The smallest absolute Gasteiger partial charge is 0.0831 e. The molecular formula is C16H18ClNO. The minimum atomic E-state index is -0.499. The monoisotopic (exact) mass is 275 g/mol. The van der Waals surface area contributed by atoms with Gasteiger partial charge in [-0.05, 0) is 35.4 Å². The van der Waals surface area contributed by atoms with Crippen molar-refractivity contribution in [2.24, 2.45) is 0 Å². The molecule has 0 aliphatic rings. The predicted octanol–water partition coefficient (Wildman–Crippen LogP) is 3.68. The molecular weight excluding hydrogens is 258 g/mol. The molecule has 2 rings (SSSR count). The number of halogens is 1. The molecule has 0 fully saturated rings. The highest BCUT2D eigenvalue weighted by Gasteiger charge is 2.09. The third-order valence-corrected chi connectivity index (χ3v) is 3.37. The number of benzene rings is 2. The molecule has 0 bridgehead atoms. The Hall–Kier alpha value is -1.51. The molecule has 19 heavy (non-hydrogen) atoms. The Morgan fingerprint density at radius 3 is 2.42 bits per heavy atom. The molecule has 0 saturated carbocycles. The van der Waals surface area contributed by atoms with Crippen LogP contribution in [0.25, 0.3) is 0 Å². The highest BCUT2D eigenvalue weighted by Crippen LogP contribution is 2.23. The Morgan fingerprint density at radius 1 is 1.11 bits per heavy atom. The third kappa shape index (κ3) is 3.72. The second-order valence-corrected chi connectivity index (χ2v) is 5.27. The number of hydrogen-bond donors (Lipinski definition) is 1. The number of hydrogen-bond acceptors (Lipinski definition) is 2. The van der Waals surface area contributed by atoms with E-state index < -0.39 is 6.10 Å². The molecule has 1 N–H and O–H groups in total. The van der Waals surface area contributed by atoms with Gasteiger partial charge in [-0.3, -0.25) is 0 Å². The molecule has 0 radical (unpaired) electrons. The average molecular weight is 276 g/mol. The van der Waals surface area contributed by atoms with Gasteiger partial charge in [0.05, 0.1) is 6.10 Å². The predicted molar refractivity (Wildman–Crippen MR) is 80.9 cm³/mol. The van der Waals surface area contributed by atoms with Gasteiger partial charge >= 0.3 is 0 Å². The first-order valence-electron chi connectivity index (χ1n) is 6.26. The molecule has 0 aliphatic carbocycles. The SMILES string of the molecule is CN(C)c1cccc(C(O)Cc2ccc(Cl)cc2)c1. The number of aliphatic hydroxyl groups excluding tert-OH is 1. The van der Waals surface area contributed by atoms with E-state index in [9.17, 15) is 5.11 Å². The summed E-state index contributed by atoms with van der Waals surface area (Å²) in [6.07, 6.45) is 0.0923. The fraction of sp³-hybridized carbons (Fsp3) is 0.250. The van der Waals surface area contributed by atoms with Crippen molar-refractivity contribution in [3.8, 4) is 0 Å². The van der Waals surface area contributed by atoms with Gasteiger partial charge in [0.2, 0.25) is 0 Å². The zero-order chi connectivity index (χ0) is 13.8. The van der Waals surface area contributed by atoms with E-state index in [4.69, 9.17) is 11.6 Å². The van der Waals surface area contributed by atoms with Gasteiger partial charge in [-0.1, -0.05) is 35.9 Å². The minimum absolute atomic E-state index is 0.499. The summed E-state index contributed by atoms with van der Waals surface area (Å²) in [6, 6.07) is 15.5. The Bertz CT molecular complexity index is 537. The average Bonchev–Trinajstić information content (AvgIpc) is 2.41. The third-order valence-electron chi connectivity index (χ3n) is 3.11. The van der Waals surface area contributed by atoms with Crippen molar-refractivity contribution in [1.82, 2.24) is 0 Å². The van der Waals surface area contributed by atoms with Crippen LogP contribution in [-0.4, -0.2) is 19.2 Å². The largest absolute Gasteiger partial charge is 0.388 e. The van der Waals surface area contributed by atoms with E-state index in [-0.39, 0.29) is 0 Å². The number of rotatable bonds is 4. The van der Waals surface area contributed by atoms with Crippen LogP contribution in [-0.2, 0) is 6.42 Å². The fourth-order valence-electron chi connectivity index (χ4n) is 1.97. The van der Waals surface area contributed by atoms with Crippen molar-refractivity contribution in [3.05, 3.63) is 64.7 Å². The summed E-state index contributed by atoms with van der Waals surface area (Å²) in [5.74, 6) is 0. The van der Waals surface area contributed by atoms with E-state index in [0.717, 1.165) is 16.8 Å². The normalized spacial score (nSPS) is 12.2. The first-order chi connectivity index (χ1) is 9.06. The van der Waals surface area contributed by atoms with Crippen molar-refractivity contribution in [1.29, 1.82) is 0 Å². The lowest BCUT2D eigenvalue weighted by Crippen LogP contribution is -2.10. The molecule has 1 atom stereocenters. The zero-order valence-electron chi connectivity index (χ0n) is 11.2. The minimum Gasteiger partial charge on any atom is -0.388 e. The number of anilines is 1. The van der Waals surface area contributed by atoms with E-state index in [2.05, 4.69) is 0 Å². The van der Waals surface area contributed by atoms with Crippen molar-refractivity contribution in [2.75, 3.05) is 19.0 Å². The topological polar surface area (TPSA) is 23.5 Å². The van der Waals surface area contributed by atoms with Crippen LogP contribution in [0.5, 0.6) is 0 Å². The van der Waals surface area contributed by atoms with Gasteiger partial charge in [-0.15, -0.1) is 0 Å². The standard InChI is InChI=1S/C16H18ClNO/c1-18(2)15-5-3-4-13(11-15)16(19)10-12-6-8-14(17)9-7-12/h3-9,11,16,19H,10H2,1-2H3. The zero-order valence-corrected chi connectivity index (χ0v) is 11.9. The van der Waals surface area contributed by atoms with Crippen molar-refractivity contribution in [2.45, 2.75) is 12.5 Å². The molecule has 0 saturated heterocycles. The van der Waals surface area contributed by atoms with Crippen LogP contribution in [0.15, 0.2) is 48.5 Å². The summed E-state index contributed by atoms with van der Waals surface area (Å²) >= 11 is 5.85. The Balaban J connectivity index is 2.13. The maximum Gasteiger partial charge on any atom is 0.0831 e. The van der Waals surface area contributed by atoms with Crippen LogP contribution in [0.2, 0.25) is 5.02 Å². The highest BCUT2D eigenvalue weighted by atomic mass is 35.5. The van der Waals surface area contributed by atoms with Crippen molar-refractivity contribution in [3.63, 3.8) is 0 Å². The maximum absolute atomic E-state index is 10.3. The second kappa shape index (κ2) is 6.09. The van der Waals surface area contributed by atoms with Crippen LogP contribution in [0.4, 0.5) is 5.69 Å². The van der Waals surface area contributed by atoms with Crippen LogP contribution >= 0.6 is 11.6 Å². The van der Waals surface area contributed by atoms with Gasteiger partial charge in [0.15, 0.2) is 0 Å². The lowest BCUT2D eigenvalue weighted by Gasteiger charge is -2.16. The van der Waals surface area contributed by atoms with Crippen molar-refractivity contribution >= 4 is 17.3 Å². The fourth-order valence-corrected chi connectivity index (χ4v) is 2.10. The molecule has 2 aromatic carbocycles. The van der Waals surface area contributed by atoms with Crippen molar-refractivity contribution < 1.29 is 5.11 Å². The molecule has 0 spiro atoms.